The number of nitrogens with zero attached hydrogens (tertiary/aromatic N) is 4. The molecule has 0 saturated carbocycles. The van der Waals surface area contributed by atoms with Crippen LogP contribution in [0.4, 0.5) is 0 Å². The zero-order valence-electron chi connectivity index (χ0n) is 40.4. The molecule has 0 fully saturated rings. The van der Waals surface area contributed by atoms with E-state index in [1.165, 1.54) is 0 Å². The fraction of sp³-hybridized carbons (Fsp3) is 0.214. The van der Waals surface area contributed by atoms with E-state index in [0.717, 1.165) is 94.6 Å². The van der Waals surface area contributed by atoms with Crippen molar-refractivity contribution in [2.75, 3.05) is 0 Å². The molecule has 313 valence electrons. The molecule has 3 aromatic heterocycles. The molecule has 0 amide bonds. The molecule has 10 rings (SSSR count). The molecule has 0 aliphatic heterocycles. The summed E-state index contributed by atoms with van der Waals surface area (Å²) in [7, 11) is 0. The maximum atomic E-state index is 8.98. The Labute approximate surface area is 384 Å². The molecular formula is C56H52IrN4O-2. The van der Waals surface area contributed by atoms with Gasteiger partial charge in [0.25, 0.3) is 0 Å². The van der Waals surface area contributed by atoms with Gasteiger partial charge >= 0.3 is 0 Å². The topological polar surface area (TPSA) is 48.8 Å². The summed E-state index contributed by atoms with van der Waals surface area (Å²) in [4.78, 5) is 9.99. The molecule has 0 aliphatic rings. The van der Waals surface area contributed by atoms with E-state index in [1.807, 2.05) is 195 Å². The monoisotopic (exact) mass is 993 g/mol. The summed E-state index contributed by atoms with van der Waals surface area (Å²) < 4.78 is 46.1. The Morgan fingerprint density at radius 3 is 1.50 bits per heavy atom. The molecule has 5 nitrogen and oxygen atoms in total. The third-order valence-electron chi connectivity index (χ3n) is 11.3. The molecule has 0 saturated heterocycles. The first kappa shape index (κ1) is 37.7. The molecule has 0 unspecified atom stereocenters. The number of rotatable bonds is 8. The largest absolute Gasteiger partial charge is 0.501 e. The van der Waals surface area contributed by atoms with E-state index in [9.17, 15) is 0 Å². The van der Waals surface area contributed by atoms with Crippen LogP contribution in [0.1, 0.15) is 107 Å². The summed E-state index contributed by atoms with van der Waals surface area (Å²) in [5, 5.41) is 2.05. The van der Waals surface area contributed by atoms with Gasteiger partial charge in [-0.2, -0.15) is 0 Å². The summed E-state index contributed by atoms with van der Waals surface area (Å²) in [6.07, 6.45) is 0. The minimum absolute atomic E-state index is 0. The molecule has 6 heteroatoms. The summed E-state index contributed by atoms with van der Waals surface area (Å²) in [5.41, 5.74) is 11.9. The molecule has 7 aromatic carbocycles. The third kappa shape index (κ3) is 7.61. The summed E-state index contributed by atoms with van der Waals surface area (Å²) in [6, 6.07) is 54.3. The third-order valence-corrected chi connectivity index (χ3v) is 11.3. The van der Waals surface area contributed by atoms with Crippen molar-refractivity contribution in [1.29, 1.82) is 0 Å². The summed E-state index contributed by atoms with van der Waals surface area (Å²) in [5.74, 6) is -2.00. The first-order valence-corrected chi connectivity index (χ1v) is 20.9. The molecule has 0 N–H and O–H groups in total. The van der Waals surface area contributed by atoms with Gasteiger partial charge in [0, 0.05) is 42.3 Å². The maximum Gasteiger partial charge on any atom is 0.120 e. The Morgan fingerprint density at radius 2 is 0.968 bits per heavy atom. The number of hydrogen-bond donors (Lipinski definition) is 0. The van der Waals surface area contributed by atoms with Gasteiger partial charge in [-0.05, 0) is 76.2 Å². The van der Waals surface area contributed by atoms with Gasteiger partial charge in [-0.3, -0.25) is 9.97 Å². The van der Waals surface area contributed by atoms with Gasteiger partial charge in [0.2, 0.25) is 0 Å². The van der Waals surface area contributed by atoms with Gasteiger partial charge in [0.15, 0.2) is 0 Å². The van der Waals surface area contributed by atoms with Crippen LogP contribution in [-0.4, -0.2) is 19.1 Å². The van der Waals surface area contributed by atoms with Crippen molar-refractivity contribution in [3.8, 4) is 34.2 Å². The van der Waals surface area contributed by atoms with E-state index < -0.39 is 23.6 Å². The average molecular weight is 993 g/mol. The molecule has 0 atom stereocenters. The van der Waals surface area contributed by atoms with Gasteiger partial charge in [0.05, 0.1) is 39.3 Å². The number of para-hydroxylation sites is 7. The molecule has 3 heterocycles. The number of hydrogen-bond acceptors (Lipinski definition) is 3. The second kappa shape index (κ2) is 17.7. The van der Waals surface area contributed by atoms with Crippen LogP contribution >= 0.6 is 0 Å². The standard InChI is InChI=1S/C31H27N2O.C25H25N2.Ir/c1-19(2)21-12-9-13-22(20(3)4)29(21)33-27-17-7-6-16-26(27)32-31(33)25-15-10-14-24-23-11-5-8-18-28(23)34-30(24)25;1-17(2)20-13-10-14-21(18(3)4)24(20)27-23-16-9-8-15-22(23)26-25(27)19-11-6-5-7-12-19;/h5-14,16-20H,1-4H3;5-11,13-18H,1-4H3;/q2*-1;/i19D,20D;17D,18D;. The van der Waals surface area contributed by atoms with Crippen molar-refractivity contribution < 1.29 is 30.0 Å². The molecule has 0 bridgehead atoms. The fourth-order valence-corrected chi connectivity index (χ4v) is 8.42. The average Bonchev–Trinajstić information content (AvgIpc) is 3.97. The Balaban J connectivity index is 0.000000181. The Bertz CT molecular complexity index is 3310. The summed E-state index contributed by atoms with van der Waals surface area (Å²) in [6.45, 7) is 15.1. The van der Waals surface area contributed by atoms with Crippen LogP contribution < -0.4 is 0 Å². The first-order chi connectivity index (χ1) is 30.8. The van der Waals surface area contributed by atoms with E-state index in [1.54, 1.807) is 0 Å². The van der Waals surface area contributed by atoms with Crippen LogP contribution in [0, 0.1) is 12.1 Å². The van der Waals surface area contributed by atoms with Gasteiger partial charge in [-0.1, -0.05) is 145 Å². The molecule has 10 aromatic rings. The van der Waals surface area contributed by atoms with E-state index in [0.29, 0.717) is 5.82 Å². The van der Waals surface area contributed by atoms with Crippen LogP contribution in [0.25, 0.3) is 78.2 Å². The van der Waals surface area contributed by atoms with Crippen molar-refractivity contribution in [2.45, 2.75) is 79.0 Å². The normalized spacial score (nSPS) is 13.3. The fourth-order valence-electron chi connectivity index (χ4n) is 8.42. The Kier molecular flexibility index (Phi) is 10.8. The van der Waals surface area contributed by atoms with E-state index >= 15 is 0 Å². The second-order valence-electron chi connectivity index (χ2n) is 16.4. The number of furan rings is 1. The first-order valence-electron chi connectivity index (χ1n) is 22.9. The SMILES string of the molecule is [2H]C(C)(C)c1cccc(C([2H])(C)C)c1-n1c(-c2[c-]ccc3c2oc2ccccc23)nc2ccccc21.[2H]C(C)(C)c1cccc(C([2H])(C)C)c1-n1c(-c2[c-]cccc2)nc2ccccc21.[Ir]. The van der Waals surface area contributed by atoms with E-state index in [2.05, 4.69) is 27.3 Å². The van der Waals surface area contributed by atoms with Gasteiger partial charge in [-0.15, -0.1) is 54.1 Å². The van der Waals surface area contributed by atoms with Crippen LogP contribution in [-0.2, 0) is 20.1 Å². The van der Waals surface area contributed by atoms with Gasteiger partial charge in [-0.25, -0.2) is 0 Å². The Morgan fingerprint density at radius 1 is 0.484 bits per heavy atom. The molecular weight excluding hydrogens is 937 g/mol. The zero-order chi connectivity index (χ0) is 46.1. The smallest absolute Gasteiger partial charge is 0.120 e. The van der Waals surface area contributed by atoms with E-state index in [-0.39, 0.29) is 20.1 Å². The minimum Gasteiger partial charge on any atom is -0.501 e. The maximum absolute atomic E-state index is 8.98. The van der Waals surface area contributed by atoms with Crippen LogP contribution in [0.5, 0.6) is 0 Å². The predicted octanol–water partition coefficient (Wildman–Crippen LogP) is 15.4. The van der Waals surface area contributed by atoms with Gasteiger partial charge < -0.3 is 13.6 Å². The predicted molar refractivity (Wildman–Crippen MR) is 254 cm³/mol. The van der Waals surface area contributed by atoms with Crippen molar-refractivity contribution >= 4 is 44.0 Å². The van der Waals surface area contributed by atoms with Crippen molar-refractivity contribution in [1.82, 2.24) is 19.1 Å². The molecule has 1 radical (unpaired) electrons. The van der Waals surface area contributed by atoms with Crippen molar-refractivity contribution in [3.05, 3.63) is 180 Å². The van der Waals surface area contributed by atoms with Crippen molar-refractivity contribution in [3.63, 3.8) is 0 Å². The zero-order valence-corrected chi connectivity index (χ0v) is 38.8. The quantitative estimate of drug-likeness (QED) is 0.143. The van der Waals surface area contributed by atoms with Gasteiger partial charge in [0.1, 0.15) is 5.58 Å². The molecule has 0 spiro atoms. The molecule has 0 aliphatic carbocycles. The number of imidazole rings is 2. The van der Waals surface area contributed by atoms with Crippen LogP contribution in [0.15, 0.2) is 150 Å². The van der Waals surface area contributed by atoms with Crippen LogP contribution in [0.3, 0.4) is 0 Å². The summed E-state index contributed by atoms with van der Waals surface area (Å²) >= 11 is 0. The number of fused-ring (bicyclic) bond motifs is 5. The van der Waals surface area contributed by atoms with E-state index in [4.69, 9.17) is 19.9 Å². The number of aromatic nitrogens is 4. The second-order valence-corrected chi connectivity index (χ2v) is 16.4. The number of benzene rings is 7. The van der Waals surface area contributed by atoms with Crippen LogP contribution in [0.2, 0.25) is 0 Å². The van der Waals surface area contributed by atoms with Crippen molar-refractivity contribution in [2.24, 2.45) is 0 Å². The molecule has 62 heavy (non-hydrogen) atoms. The Hall–Kier alpha value is -6.07. The minimum atomic E-state index is -0.895.